The van der Waals surface area contributed by atoms with Crippen molar-refractivity contribution in [2.45, 2.75) is 50.5 Å². The molecule has 1 amide bonds. The zero-order chi connectivity index (χ0) is 25.4. The van der Waals surface area contributed by atoms with Gasteiger partial charge in [0.2, 0.25) is 15.9 Å². The number of sulfonamides is 1. The monoisotopic (exact) mass is 519 g/mol. The lowest BCUT2D eigenvalue weighted by Gasteiger charge is -2.39. The van der Waals surface area contributed by atoms with Crippen LogP contribution in [0, 0.1) is 12.3 Å². The van der Waals surface area contributed by atoms with Crippen molar-refractivity contribution >= 4 is 33.2 Å². The molecule has 9 heteroatoms. The summed E-state index contributed by atoms with van der Waals surface area (Å²) < 4.78 is 34.0. The number of amides is 1. The molecule has 2 saturated heterocycles. The van der Waals surface area contributed by atoms with Gasteiger partial charge in [-0.05, 0) is 94.4 Å². The summed E-state index contributed by atoms with van der Waals surface area (Å²) in [5, 5.41) is 3.38. The number of rotatable bonds is 6. The predicted octanol–water partition coefficient (Wildman–Crippen LogP) is 4.55. The number of likely N-dealkylation sites (tertiary alicyclic amines) is 1. The fourth-order valence-corrected chi connectivity index (χ4v) is 7.77. The number of hydrogen-bond donors (Lipinski definition) is 1. The normalized spacial score (nSPS) is 20.1. The summed E-state index contributed by atoms with van der Waals surface area (Å²) in [6.07, 6.45) is 2.48. The Hall–Kier alpha value is -2.13. The summed E-state index contributed by atoms with van der Waals surface area (Å²) in [5.74, 6) is 0.553. The standard InChI is InChI=1S/C26H34ClN3O4S/c1-19-8-9-23(34-4)22(14-19)28-24(31)16-29-12-10-26(11-13-29)17-25(2,3)30(18-26)35(32,33)21-7-5-6-20(27)15-21/h5-9,14-15H,10-13,16-18H2,1-4H3,(H,28,31). The Morgan fingerprint density at radius 2 is 1.86 bits per heavy atom. The first-order valence-corrected chi connectivity index (χ1v) is 13.7. The quantitative estimate of drug-likeness (QED) is 0.605. The fraction of sp³-hybridized carbons (Fsp3) is 0.500. The lowest BCUT2D eigenvalue weighted by molar-refractivity contribution is -0.117. The van der Waals surface area contributed by atoms with Crippen LogP contribution in [-0.4, -0.2) is 62.4 Å². The van der Waals surface area contributed by atoms with Crippen molar-refractivity contribution in [3.63, 3.8) is 0 Å². The zero-order valence-corrected chi connectivity index (χ0v) is 22.4. The number of aryl methyl sites for hydroxylation is 1. The first-order valence-electron chi connectivity index (χ1n) is 11.9. The van der Waals surface area contributed by atoms with Crippen LogP contribution in [0.25, 0.3) is 0 Å². The third-order valence-corrected chi connectivity index (χ3v) is 9.55. The van der Waals surface area contributed by atoms with Gasteiger partial charge >= 0.3 is 0 Å². The second kappa shape index (κ2) is 9.73. The van der Waals surface area contributed by atoms with Gasteiger partial charge in [-0.3, -0.25) is 9.69 Å². The van der Waals surface area contributed by atoms with Gasteiger partial charge in [-0.1, -0.05) is 23.7 Å². The van der Waals surface area contributed by atoms with E-state index < -0.39 is 15.6 Å². The highest BCUT2D eigenvalue weighted by atomic mass is 35.5. The molecule has 190 valence electrons. The average molecular weight is 520 g/mol. The van der Waals surface area contributed by atoms with E-state index in [1.807, 2.05) is 39.0 Å². The Morgan fingerprint density at radius 3 is 2.51 bits per heavy atom. The minimum atomic E-state index is -3.66. The number of hydrogen-bond acceptors (Lipinski definition) is 5. The molecular formula is C26H34ClN3O4S. The molecule has 0 atom stereocenters. The van der Waals surface area contributed by atoms with Gasteiger partial charge in [0.1, 0.15) is 5.75 Å². The number of nitrogens with one attached hydrogen (secondary N) is 1. The van der Waals surface area contributed by atoms with Gasteiger partial charge in [-0.25, -0.2) is 8.42 Å². The van der Waals surface area contributed by atoms with Crippen LogP contribution in [0.4, 0.5) is 5.69 Å². The number of carbonyl (C=O) groups excluding carboxylic acids is 1. The highest BCUT2D eigenvalue weighted by Gasteiger charge is 2.53. The van der Waals surface area contributed by atoms with Crippen molar-refractivity contribution in [3.05, 3.63) is 53.1 Å². The molecule has 2 aliphatic rings. The number of carbonyl (C=O) groups is 1. The predicted molar refractivity (Wildman–Crippen MR) is 139 cm³/mol. The first kappa shape index (κ1) is 25.9. The molecule has 0 unspecified atom stereocenters. The molecule has 1 spiro atoms. The number of ether oxygens (including phenoxy) is 1. The van der Waals surface area contributed by atoms with E-state index in [2.05, 4.69) is 10.2 Å². The molecular weight excluding hydrogens is 486 g/mol. The van der Waals surface area contributed by atoms with Gasteiger partial charge in [-0.15, -0.1) is 0 Å². The summed E-state index contributed by atoms with van der Waals surface area (Å²) in [6, 6.07) is 12.2. The van der Waals surface area contributed by atoms with Gasteiger partial charge < -0.3 is 10.1 Å². The van der Waals surface area contributed by atoms with Crippen LogP contribution in [0.2, 0.25) is 5.02 Å². The number of nitrogens with zero attached hydrogens (tertiary/aromatic N) is 2. The number of benzene rings is 2. The van der Waals surface area contributed by atoms with Crippen LogP contribution in [-0.2, 0) is 14.8 Å². The summed E-state index contributed by atoms with van der Waals surface area (Å²) in [4.78, 5) is 15.1. The van der Waals surface area contributed by atoms with Crippen LogP contribution in [0.15, 0.2) is 47.4 Å². The molecule has 0 bridgehead atoms. The van der Waals surface area contributed by atoms with Gasteiger partial charge in [0, 0.05) is 17.1 Å². The Balaban J connectivity index is 1.40. The van der Waals surface area contributed by atoms with Gasteiger partial charge in [-0.2, -0.15) is 4.31 Å². The van der Waals surface area contributed by atoms with Crippen LogP contribution in [0.3, 0.4) is 0 Å². The molecule has 2 aliphatic heterocycles. The average Bonchev–Trinajstić information content (AvgIpc) is 3.06. The SMILES string of the molecule is COc1ccc(C)cc1NC(=O)CN1CCC2(CC1)CN(S(=O)(=O)c1cccc(Cl)c1)C(C)(C)C2. The zero-order valence-electron chi connectivity index (χ0n) is 20.8. The maximum atomic E-state index is 13.5. The number of halogens is 1. The topological polar surface area (TPSA) is 79.0 Å². The van der Waals surface area contributed by atoms with Crippen LogP contribution >= 0.6 is 11.6 Å². The van der Waals surface area contributed by atoms with Crippen molar-refractivity contribution in [3.8, 4) is 5.75 Å². The highest BCUT2D eigenvalue weighted by Crippen LogP contribution is 2.49. The summed E-state index contributed by atoms with van der Waals surface area (Å²) in [6.45, 7) is 8.24. The van der Waals surface area contributed by atoms with Crippen LogP contribution in [0.1, 0.15) is 38.7 Å². The molecule has 2 aromatic carbocycles. The molecule has 1 N–H and O–H groups in total. The van der Waals surface area contributed by atoms with Crippen LogP contribution < -0.4 is 10.1 Å². The van der Waals surface area contributed by atoms with Gasteiger partial charge in [0.05, 0.1) is 24.2 Å². The highest BCUT2D eigenvalue weighted by molar-refractivity contribution is 7.89. The molecule has 0 saturated carbocycles. The molecule has 35 heavy (non-hydrogen) atoms. The minimum absolute atomic E-state index is 0.0817. The Kier molecular flexibility index (Phi) is 7.21. The molecule has 0 radical (unpaired) electrons. The Labute approximate surface area is 213 Å². The largest absolute Gasteiger partial charge is 0.495 e. The van der Waals surface area contributed by atoms with E-state index >= 15 is 0 Å². The Bertz CT molecular complexity index is 1210. The van der Waals surface area contributed by atoms with E-state index in [1.54, 1.807) is 29.6 Å². The molecule has 2 aromatic rings. The van der Waals surface area contributed by atoms with E-state index in [0.717, 1.165) is 37.9 Å². The van der Waals surface area contributed by atoms with Gasteiger partial charge in [0.25, 0.3) is 0 Å². The molecule has 0 aliphatic carbocycles. The third-order valence-electron chi connectivity index (χ3n) is 7.26. The summed E-state index contributed by atoms with van der Waals surface area (Å²) >= 11 is 6.08. The minimum Gasteiger partial charge on any atom is -0.495 e. The molecule has 2 fully saturated rings. The maximum absolute atomic E-state index is 13.5. The smallest absolute Gasteiger partial charge is 0.243 e. The maximum Gasteiger partial charge on any atom is 0.243 e. The van der Waals surface area contributed by atoms with Crippen molar-refractivity contribution in [1.29, 1.82) is 0 Å². The molecule has 7 nitrogen and oxygen atoms in total. The van der Waals surface area contributed by atoms with Crippen molar-refractivity contribution in [2.24, 2.45) is 5.41 Å². The summed E-state index contributed by atoms with van der Waals surface area (Å²) in [7, 11) is -2.08. The third kappa shape index (κ3) is 5.50. The van der Waals surface area contributed by atoms with Crippen molar-refractivity contribution < 1.29 is 17.9 Å². The van der Waals surface area contributed by atoms with E-state index in [9.17, 15) is 13.2 Å². The summed E-state index contributed by atoms with van der Waals surface area (Å²) in [5.41, 5.74) is 1.12. The van der Waals surface area contributed by atoms with Crippen LogP contribution in [0.5, 0.6) is 5.75 Å². The lowest BCUT2D eigenvalue weighted by atomic mass is 9.74. The number of methoxy groups -OCH3 is 1. The van der Waals surface area contributed by atoms with E-state index in [-0.39, 0.29) is 16.2 Å². The van der Waals surface area contributed by atoms with E-state index in [0.29, 0.717) is 29.5 Å². The first-order chi connectivity index (χ1) is 16.4. The second-order valence-corrected chi connectivity index (χ2v) is 12.8. The lowest BCUT2D eigenvalue weighted by Crippen LogP contribution is -2.45. The fourth-order valence-electron chi connectivity index (χ4n) is 5.58. The molecule has 0 aromatic heterocycles. The molecule has 2 heterocycles. The van der Waals surface area contributed by atoms with E-state index in [1.165, 1.54) is 6.07 Å². The van der Waals surface area contributed by atoms with E-state index in [4.69, 9.17) is 16.3 Å². The Morgan fingerprint density at radius 1 is 1.14 bits per heavy atom. The number of anilines is 1. The molecule has 4 rings (SSSR count). The second-order valence-electron chi connectivity index (χ2n) is 10.5. The van der Waals surface area contributed by atoms with Crippen molar-refractivity contribution in [1.82, 2.24) is 9.21 Å². The van der Waals surface area contributed by atoms with Gasteiger partial charge in [0.15, 0.2) is 0 Å². The van der Waals surface area contributed by atoms with Crippen molar-refractivity contribution in [2.75, 3.05) is 38.6 Å². The number of piperidine rings is 1.